The van der Waals surface area contributed by atoms with Crippen LogP contribution in [0.15, 0.2) is 36.4 Å². The molecule has 0 radical (unpaired) electrons. The minimum atomic E-state index is -0.322. The molecule has 0 aliphatic heterocycles. The highest BCUT2D eigenvalue weighted by atomic mass is 35.5. The lowest BCUT2D eigenvalue weighted by molar-refractivity contribution is -0.119. The Morgan fingerprint density at radius 2 is 2.00 bits per heavy atom. The van der Waals surface area contributed by atoms with Crippen LogP contribution in [0.3, 0.4) is 0 Å². The van der Waals surface area contributed by atoms with Crippen LogP contribution in [0.25, 0.3) is 16.9 Å². The van der Waals surface area contributed by atoms with Gasteiger partial charge in [-0.25, -0.2) is 13.9 Å². The van der Waals surface area contributed by atoms with Crippen LogP contribution < -0.4 is 5.32 Å². The Kier molecular flexibility index (Phi) is 3.77. The number of carbonyl (C=O) groups excluding carboxylic acids is 1. The number of hydrogen-bond acceptors (Lipinski definition) is 3. The van der Waals surface area contributed by atoms with E-state index in [2.05, 4.69) is 15.4 Å². The number of halogens is 2. The van der Waals surface area contributed by atoms with Crippen molar-refractivity contribution in [2.75, 3.05) is 0 Å². The normalized spacial score (nSPS) is 10.9. The Balaban J connectivity index is 2.16. The molecule has 1 aromatic carbocycles. The zero-order valence-corrected chi connectivity index (χ0v) is 12.4. The topological polar surface area (TPSA) is 59.3 Å². The zero-order chi connectivity index (χ0) is 15.7. The molecule has 3 rings (SSSR count). The monoisotopic (exact) mass is 318 g/mol. The highest BCUT2D eigenvalue weighted by Crippen LogP contribution is 2.25. The lowest BCUT2D eigenvalue weighted by Crippen LogP contribution is -2.20. The molecule has 3 aromatic rings. The summed E-state index contributed by atoms with van der Waals surface area (Å²) in [6, 6.07) is 9.37. The Labute approximate surface area is 130 Å². The molecule has 0 spiro atoms. The second-order valence-corrected chi connectivity index (χ2v) is 5.14. The molecule has 0 bridgehead atoms. The van der Waals surface area contributed by atoms with Crippen LogP contribution in [0.5, 0.6) is 0 Å². The number of hydrogen-bond donors (Lipinski definition) is 1. The second-order valence-electron chi connectivity index (χ2n) is 4.75. The number of aromatic nitrogens is 3. The van der Waals surface area contributed by atoms with Crippen molar-refractivity contribution in [2.24, 2.45) is 0 Å². The quantitative estimate of drug-likeness (QED) is 0.808. The lowest BCUT2D eigenvalue weighted by Gasteiger charge is -2.05. The van der Waals surface area contributed by atoms with Crippen LogP contribution in [0.4, 0.5) is 4.39 Å². The predicted molar refractivity (Wildman–Crippen MR) is 80.9 cm³/mol. The van der Waals surface area contributed by atoms with Gasteiger partial charge in [0.15, 0.2) is 5.65 Å². The first-order valence-electron chi connectivity index (χ1n) is 6.59. The van der Waals surface area contributed by atoms with Crippen molar-refractivity contribution in [3.8, 4) is 11.3 Å². The summed E-state index contributed by atoms with van der Waals surface area (Å²) in [4.78, 5) is 15.7. The van der Waals surface area contributed by atoms with Crippen molar-refractivity contribution >= 4 is 23.2 Å². The van der Waals surface area contributed by atoms with Gasteiger partial charge in [0.1, 0.15) is 11.0 Å². The first-order valence-corrected chi connectivity index (χ1v) is 6.97. The average Bonchev–Trinajstić information content (AvgIpc) is 2.83. The number of amides is 1. The summed E-state index contributed by atoms with van der Waals surface area (Å²) in [6.45, 7) is 1.68. The molecule has 0 aliphatic carbocycles. The summed E-state index contributed by atoms with van der Waals surface area (Å²) >= 11 is 5.93. The first-order chi connectivity index (χ1) is 10.5. The molecule has 7 heteroatoms. The van der Waals surface area contributed by atoms with Gasteiger partial charge in [-0.2, -0.15) is 5.10 Å². The van der Waals surface area contributed by atoms with Gasteiger partial charge in [-0.15, -0.1) is 0 Å². The van der Waals surface area contributed by atoms with E-state index in [0.29, 0.717) is 22.2 Å². The fourth-order valence-electron chi connectivity index (χ4n) is 2.16. The maximum Gasteiger partial charge on any atom is 0.217 e. The van der Waals surface area contributed by atoms with E-state index in [1.54, 1.807) is 28.8 Å². The van der Waals surface area contributed by atoms with Crippen molar-refractivity contribution < 1.29 is 9.18 Å². The van der Waals surface area contributed by atoms with Crippen LogP contribution in [0.1, 0.15) is 12.6 Å². The highest BCUT2D eigenvalue weighted by Gasteiger charge is 2.15. The predicted octanol–water partition coefficient (Wildman–Crippen LogP) is 2.82. The molecule has 0 fully saturated rings. The van der Waals surface area contributed by atoms with Gasteiger partial charge in [-0.1, -0.05) is 11.6 Å². The Morgan fingerprint density at radius 3 is 2.68 bits per heavy atom. The van der Waals surface area contributed by atoms with Gasteiger partial charge in [0, 0.05) is 12.5 Å². The Bertz CT molecular complexity index is 845. The SMILES string of the molecule is CC(=O)NCc1c(-c2ccc(F)cc2)nc2ccc(Cl)nn12. The summed E-state index contributed by atoms with van der Waals surface area (Å²) < 4.78 is 14.7. The number of benzene rings is 1. The number of nitrogens with zero attached hydrogens (tertiary/aromatic N) is 3. The summed E-state index contributed by atoms with van der Waals surface area (Å²) in [5.41, 5.74) is 2.65. The minimum absolute atomic E-state index is 0.165. The molecule has 0 unspecified atom stereocenters. The van der Waals surface area contributed by atoms with Gasteiger partial charge >= 0.3 is 0 Å². The lowest BCUT2D eigenvalue weighted by atomic mass is 10.1. The zero-order valence-electron chi connectivity index (χ0n) is 11.7. The third-order valence-corrected chi connectivity index (χ3v) is 3.36. The largest absolute Gasteiger partial charge is 0.351 e. The maximum atomic E-state index is 13.1. The number of nitrogens with one attached hydrogen (secondary N) is 1. The van der Waals surface area contributed by atoms with Gasteiger partial charge < -0.3 is 5.32 Å². The Morgan fingerprint density at radius 1 is 1.27 bits per heavy atom. The minimum Gasteiger partial charge on any atom is -0.351 e. The van der Waals surface area contributed by atoms with Crippen LogP contribution in [-0.4, -0.2) is 20.5 Å². The molecule has 0 saturated heterocycles. The molecule has 1 N–H and O–H groups in total. The molecular formula is C15H12ClFN4O. The standard InChI is InChI=1S/C15H12ClFN4O/c1-9(22)18-8-12-15(10-2-4-11(17)5-3-10)19-14-7-6-13(16)20-21(12)14/h2-7H,8H2,1H3,(H,18,22). The van der Waals surface area contributed by atoms with Gasteiger partial charge in [-0.3, -0.25) is 4.79 Å². The summed E-state index contributed by atoms with van der Waals surface area (Å²) in [6.07, 6.45) is 0. The molecule has 0 aliphatic rings. The third-order valence-electron chi connectivity index (χ3n) is 3.16. The van der Waals surface area contributed by atoms with Gasteiger partial charge in [0.2, 0.25) is 5.91 Å². The Hall–Kier alpha value is -2.47. The number of carbonyl (C=O) groups is 1. The van der Waals surface area contributed by atoms with Crippen molar-refractivity contribution in [3.05, 3.63) is 53.1 Å². The van der Waals surface area contributed by atoms with E-state index in [-0.39, 0.29) is 18.3 Å². The molecule has 112 valence electrons. The molecule has 2 heterocycles. The van der Waals surface area contributed by atoms with E-state index in [1.165, 1.54) is 19.1 Å². The molecule has 0 saturated carbocycles. The van der Waals surface area contributed by atoms with E-state index in [9.17, 15) is 9.18 Å². The van der Waals surface area contributed by atoms with Gasteiger partial charge in [-0.05, 0) is 36.4 Å². The average molecular weight is 319 g/mol. The third kappa shape index (κ3) is 2.78. The summed E-state index contributed by atoms with van der Waals surface area (Å²) in [5.74, 6) is -0.487. The fourth-order valence-corrected chi connectivity index (χ4v) is 2.30. The van der Waals surface area contributed by atoms with Crippen LogP contribution in [-0.2, 0) is 11.3 Å². The first kappa shape index (κ1) is 14.5. The molecule has 2 aromatic heterocycles. The number of imidazole rings is 1. The summed E-state index contributed by atoms with van der Waals surface area (Å²) in [5, 5.41) is 7.25. The molecule has 22 heavy (non-hydrogen) atoms. The van der Waals surface area contributed by atoms with Crippen LogP contribution in [0, 0.1) is 5.82 Å². The maximum absolute atomic E-state index is 13.1. The molecule has 1 amide bonds. The van der Waals surface area contributed by atoms with E-state index >= 15 is 0 Å². The molecule has 0 atom stereocenters. The van der Waals surface area contributed by atoms with E-state index < -0.39 is 0 Å². The van der Waals surface area contributed by atoms with Crippen molar-refractivity contribution in [1.82, 2.24) is 19.9 Å². The fraction of sp³-hybridized carbons (Fsp3) is 0.133. The van der Waals surface area contributed by atoms with Crippen LogP contribution in [0.2, 0.25) is 5.15 Å². The van der Waals surface area contributed by atoms with Crippen molar-refractivity contribution in [3.63, 3.8) is 0 Å². The van der Waals surface area contributed by atoms with Crippen molar-refractivity contribution in [1.29, 1.82) is 0 Å². The van der Waals surface area contributed by atoms with E-state index in [4.69, 9.17) is 11.6 Å². The summed E-state index contributed by atoms with van der Waals surface area (Å²) in [7, 11) is 0. The van der Waals surface area contributed by atoms with Crippen molar-refractivity contribution in [2.45, 2.75) is 13.5 Å². The molecular weight excluding hydrogens is 307 g/mol. The van der Waals surface area contributed by atoms with Gasteiger partial charge in [0.05, 0.1) is 17.9 Å². The van der Waals surface area contributed by atoms with E-state index in [1.807, 2.05) is 0 Å². The number of fused-ring (bicyclic) bond motifs is 1. The second kappa shape index (κ2) is 5.73. The highest BCUT2D eigenvalue weighted by molar-refractivity contribution is 6.29. The van der Waals surface area contributed by atoms with E-state index in [0.717, 1.165) is 5.56 Å². The smallest absolute Gasteiger partial charge is 0.217 e. The molecule has 5 nitrogen and oxygen atoms in total. The van der Waals surface area contributed by atoms with Gasteiger partial charge in [0.25, 0.3) is 0 Å². The number of rotatable bonds is 3. The van der Waals surface area contributed by atoms with Crippen LogP contribution >= 0.6 is 11.6 Å².